The first-order valence-electron chi connectivity index (χ1n) is 19.7. The van der Waals surface area contributed by atoms with E-state index in [4.69, 9.17) is 0 Å². The highest BCUT2D eigenvalue weighted by Gasteiger charge is 2.36. The smallest absolute Gasteiger partial charge is 0.0546 e. The van der Waals surface area contributed by atoms with E-state index in [1.165, 1.54) is 110 Å². The fourth-order valence-electron chi connectivity index (χ4n) is 9.32. The first-order chi connectivity index (χ1) is 25.9. The molecule has 1 saturated carbocycles. The topological polar surface area (TPSA) is 3.24 Å². The van der Waals surface area contributed by atoms with Crippen LogP contribution in [0.25, 0.3) is 44.2 Å². The molecule has 9 rings (SSSR count). The van der Waals surface area contributed by atoms with Gasteiger partial charge in [-0.1, -0.05) is 162 Å². The van der Waals surface area contributed by atoms with Crippen molar-refractivity contribution in [1.29, 1.82) is 0 Å². The molecule has 262 valence electrons. The zero-order chi connectivity index (χ0) is 36.1. The number of hydrogen-bond donors (Lipinski definition) is 0. The van der Waals surface area contributed by atoms with Crippen molar-refractivity contribution >= 4 is 27.8 Å². The molecule has 1 heteroatoms. The molecular weight excluding hydrogens is 639 g/mol. The minimum atomic E-state index is -0.0995. The molecule has 2 aliphatic rings. The van der Waals surface area contributed by atoms with Gasteiger partial charge in [0.15, 0.2) is 0 Å². The van der Waals surface area contributed by atoms with Gasteiger partial charge in [-0.3, -0.25) is 0 Å². The van der Waals surface area contributed by atoms with Gasteiger partial charge >= 0.3 is 0 Å². The van der Waals surface area contributed by atoms with Gasteiger partial charge in [-0.25, -0.2) is 0 Å². The maximum absolute atomic E-state index is 2.51. The van der Waals surface area contributed by atoms with E-state index in [-0.39, 0.29) is 5.41 Å². The van der Waals surface area contributed by atoms with Gasteiger partial charge in [0, 0.05) is 22.4 Å². The Hall–Kier alpha value is -5.40. The number of fused-ring (bicyclic) bond motifs is 4. The van der Waals surface area contributed by atoms with Crippen LogP contribution in [0.5, 0.6) is 0 Å². The second-order valence-corrected chi connectivity index (χ2v) is 16.2. The Balaban J connectivity index is 1.21. The van der Waals surface area contributed by atoms with Crippen LogP contribution in [0, 0.1) is 0 Å². The van der Waals surface area contributed by atoms with E-state index in [0.717, 1.165) is 11.6 Å². The summed E-state index contributed by atoms with van der Waals surface area (Å²) in [7, 11) is 0. The van der Waals surface area contributed by atoms with Crippen LogP contribution in [0.3, 0.4) is 0 Å². The average molecular weight is 688 g/mol. The van der Waals surface area contributed by atoms with E-state index in [0.29, 0.717) is 5.92 Å². The number of anilines is 3. The Morgan fingerprint density at radius 3 is 1.81 bits per heavy atom. The quantitative estimate of drug-likeness (QED) is 0.161. The summed E-state index contributed by atoms with van der Waals surface area (Å²) in [6, 6.07) is 57.4. The standard InChI is InChI=1S/C52H49N/c1-35(2)44-18-10-11-19-45(44)48-32-40-16-8-9-17-41(40)33-51(48)53(43-30-31-47-46-20-12-13-21-49(46)52(3,4)50(47)34-43)42-28-26-39(27-29-42)38-24-22-37(23-25-38)36-14-6-5-7-15-36/h8-13,16-36H,5-7,14-15H2,1-4H3. The lowest BCUT2D eigenvalue weighted by Gasteiger charge is -2.31. The third kappa shape index (κ3) is 5.97. The molecule has 7 aromatic carbocycles. The molecule has 1 fully saturated rings. The average Bonchev–Trinajstić information content (AvgIpc) is 3.44. The molecule has 0 amide bonds. The van der Waals surface area contributed by atoms with Crippen LogP contribution in [0.4, 0.5) is 17.1 Å². The first kappa shape index (κ1) is 33.4. The molecule has 0 aliphatic heterocycles. The van der Waals surface area contributed by atoms with Crippen molar-refractivity contribution in [2.75, 3.05) is 4.90 Å². The molecule has 0 N–H and O–H groups in total. The van der Waals surface area contributed by atoms with Crippen molar-refractivity contribution in [3.63, 3.8) is 0 Å². The van der Waals surface area contributed by atoms with E-state index >= 15 is 0 Å². The zero-order valence-electron chi connectivity index (χ0n) is 31.6. The summed E-state index contributed by atoms with van der Waals surface area (Å²) in [5, 5.41) is 2.49. The number of hydrogen-bond acceptors (Lipinski definition) is 1. The molecule has 0 saturated heterocycles. The highest BCUT2D eigenvalue weighted by atomic mass is 15.1. The highest BCUT2D eigenvalue weighted by molar-refractivity contribution is 5.99. The van der Waals surface area contributed by atoms with Crippen LogP contribution >= 0.6 is 0 Å². The Morgan fingerprint density at radius 2 is 1.09 bits per heavy atom. The monoisotopic (exact) mass is 687 g/mol. The minimum Gasteiger partial charge on any atom is -0.310 e. The normalized spacial score (nSPS) is 15.0. The molecule has 53 heavy (non-hydrogen) atoms. The number of benzene rings is 7. The van der Waals surface area contributed by atoms with E-state index in [2.05, 4.69) is 184 Å². The third-order valence-electron chi connectivity index (χ3n) is 12.2. The van der Waals surface area contributed by atoms with E-state index < -0.39 is 0 Å². The maximum Gasteiger partial charge on any atom is 0.0546 e. The maximum atomic E-state index is 2.51. The Bertz CT molecular complexity index is 2420. The molecule has 0 spiro atoms. The van der Waals surface area contributed by atoms with Crippen molar-refractivity contribution < 1.29 is 0 Å². The molecular formula is C52H49N. The predicted octanol–water partition coefficient (Wildman–Crippen LogP) is 15.1. The number of rotatable bonds is 7. The van der Waals surface area contributed by atoms with Crippen LogP contribution in [0.1, 0.15) is 93.9 Å². The van der Waals surface area contributed by atoms with Gasteiger partial charge in [-0.15, -0.1) is 0 Å². The molecule has 0 bridgehead atoms. The van der Waals surface area contributed by atoms with E-state index in [1.54, 1.807) is 0 Å². The Kier molecular flexibility index (Phi) is 8.54. The molecule has 7 aromatic rings. The lowest BCUT2D eigenvalue weighted by atomic mass is 9.82. The second-order valence-electron chi connectivity index (χ2n) is 16.2. The Labute approximate surface area is 316 Å². The molecule has 0 atom stereocenters. The van der Waals surface area contributed by atoms with Gasteiger partial charge in [-0.2, -0.15) is 0 Å². The fraction of sp³-hybridized carbons (Fsp3) is 0.231. The van der Waals surface area contributed by atoms with Gasteiger partial charge in [-0.05, 0) is 122 Å². The summed E-state index contributed by atoms with van der Waals surface area (Å²) in [6.45, 7) is 9.36. The van der Waals surface area contributed by atoms with E-state index in [9.17, 15) is 0 Å². The predicted molar refractivity (Wildman–Crippen MR) is 227 cm³/mol. The van der Waals surface area contributed by atoms with Gasteiger partial charge in [0.25, 0.3) is 0 Å². The van der Waals surface area contributed by atoms with Gasteiger partial charge in [0.05, 0.1) is 5.69 Å². The van der Waals surface area contributed by atoms with Crippen molar-refractivity contribution in [1.82, 2.24) is 0 Å². The summed E-state index contributed by atoms with van der Waals surface area (Å²) in [4.78, 5) is 2.51. The van der Waals surface area contributed by atoms with Crippen LogP contribution in [-0.2, 0) is 5.41 Å². The summed E-state index contributed by atoms with van der Waals surface area (Å²) < 4.78 is 0. The van der Waals surface area contributed by atoms with Crippen LogP contribution in [0.2, 0.25) is 0 Å². The van der Waals surface area contributed by atoms with Crippen molar-refractivity contribution in [2.45, 2.75) is 77.0 Å². The fourth-order valence-corrected chi connectivity index (χ4v) is 9.32. The summed E-state index contributed by atoms with van der Waals surface area (Å²) in [5.41, 5.74) is 16.8. The molecule has 0 heterocycles. The second kappa shape index (κ2) is 13.5. The lowest BCUT2D eigenvalue weighted by Crippen LogP contribution is -2.17. The molecule has 2 aliphatic carbocycles. The number of nitrogens with zero attached hydrogens (tertiary/aromatic N) is 1. The summed E-state index contributed by atoms with van der Waals surface area (Å²) in [5.74, 6) is 1.11. The SMILES string of the molecule is CC(C)c1ccccc1-c1cc2ccccc2cc1N(c1ccc(-c2ccc(C3CCCCC3)cc2)cc1)c1ccc2c(c1)C(C)(C)c1ccccc1-2. The minimum absolute atomic E-state index is 0.0995. The van der Waals surface area contributed by atoms with Gasteiger partial charge < -0.3 is 4.90 Å². The Morgan fingerprint density at radius 1 is 0.509 bits per heavy atom. The van der Waals surface area contributed by atoms with E-state index in [1.807, 2.05) is 0 Å². The molecule has 0 radical (unpaired) electrons. The van der Waals surface area contributed by atoms with Crippen molar-refractivity contribution in [3.05, 3.63) is 174 Å². The summed E-state index contributed by atoms with van der Waals surface area (Å²) >= 11 is 0. The van der Waals surface area contributed by atoms with Crippen LogP contribution in [0.15, 0.2) is 152 Å². The lowest BCUT2D eigenvalue weighted by molar-refractivity contribution is 0.443. The van der Waals surface area contributed by atoms with Crippen molar-refractivity contribution in [2.24, 2.45) is 0 Å². The zero-order valence-corrected chi connectivity index (χ0v) is 31.6. The van der Waals surface area contributed by atoms with Crippen LogP contribution in [-0.4, -0.2) is 0 Å². The third-order valence-corrected chi connectivity index (χ3v) is 12.2. The van der Waals surface area contributed by atoms with Gasteiger partial charge in [0.1, 0.15) is 0 Å². The van der Waals surface area contributed by atoms with Crippen LogP contribution < -0.4 is 4.90 Å². The molecule has 1 nitrogen and oxygen atoms in total. The van der Waals surface area contributed by atoms with Gasteiger partial charge in [0.2, 0.25) is 0 Å². The highest BCUT2D eigenvalue weighted by Crippen LogP contribution is 2.52. The molecule has 0 aromatic heterocycles. The first-order valence-corrected chi connectivity index (χ1v) is 19.7. The van der Waals surface area contributed by atoms with Crippen molar-refractivity contribution in [3.8, 4) is 33.4 Å². The summed E-state index contributed by atoms with van der Waals surface area (Å²) in [6.07, 6.45) is 6.77. The molecule has 0 unspecified atom stereocenters. The largest absolute Gasteiger partial charge is 0.310 e.